The lowest BCUT2D eigenvalue weighted by Gasteiger charge is -2.35. The van der Waals surface area contributed by atoms with E-state index >= 15 is 0 Å². The van der Waals surface area contributed by atoms with Crippen LogP contribution in [0.15, 0.2) is 18.2 Å². The summed E-state index contributed by atoms with van der Waals surface area (Å²) in [4.78, 5) is 27.5. The molecule has 0 radical (unpaired) electrons. The van der Waals surface area contributed by atoms with Crippen LogP contribution in [0.4, 0.5) is 28.9 Å². The number of carbonyl (C=O) groups excluding carboxylic acids is 2. The molecule has 1 heterocycles. The highest BCUT2D eigenvalue weighted by Crippen LogP contribution is 2.32. The fourth-order valence-electron chi connectivity index (χ4n) is 3.53. The Morgan fingerprint density at radius 1 is 1.28 bits per heavy atom. The SMILES string of the molecule is CC(C)(C)CN(CC(F)F)[C@@H](CN)C(=O)Nc1ccc(N2CCOCC2=O)cc1C(F)F. The number of carbonyl (C=O) groups is 2. The zero-order chi connectivity index (χ0) is 24.1. The number of hydrogen-bond donors (Lipinski definition) is 2. The van der Waals surface area contributed by atoms with Gasteiger partial charge in [-0.25, -0.2) is 17.6 Å². The van der Waals surface area contributed by atoms with E-state index < -0.39 is 42.3 Å². The van der Waals surface area contributed by atoms with Gasteiger partial charge in [-0.1, -0.05) is 20.8 Å². The van der Waals surface area contributed by atoms with Crippen LogP contribution in [0.3, 0.4) is 0 Å². The van der Waals surface area contributed by atoms with Crippen LogP contribution in [0, 0.1) is 5.41 Å². The number of halogens is 4. The predicted octanol–water partition coefficient (Wildman–Crippen LogP) is 2.87. The van der Waals surface area contributed by atoms with Crippen molar-refractivity contribution in [1.29, 1.82) is 0 Å². The molecule has 1 aliphatic rings. The maximum Gasteiger partial charge on any atom is 0.265 e. The number of nitrogens with one attached hydrogen (secondary N) is 1. The van der Waals surface area contributed by atoms with Gasteiger partial charge in [0.15, 0.2) is 0 Å². The minimum absolute atomic E-state index is 0.144. The molecule has 3 N–H and O–H groups in total. The van der Waals surface area contributed by atoms with E-state index in [4.69, 9.17) is 10.5 Å². The van der Waals surface area contributed by atoms with Crippen LogP contribution in [0.1, 0.15) is 32.8 Å². The van der Waals surface area contributed by atoms with Crippen molar-refractivity contribution in [3.8, 4) is 0 Å². The summed E-state index contributed by atoms with van der Waals surface area (Å²) < 4.78 is 58.8. The summed E-state index contributed by atoms with van der Waals surface area (Å²) in [5, 5.41) is 2.41. The van der Waals surface area contributed by atoms with Crippen molar-refractivity contribution in [3.63, 3.8) is 0 Å². The fraction of sp³-hybridized carbons (Fsp3) is 0.619. The van der Waals surface area contributed by atoms with E-state index in [2.05, 4.69) is 5.32 Å². The van der Waals surface area contributed by atoms with Gasteiger partial charge in [-0.2, -0.15) is 0 Å². The number of morpholine rings is 1. The third-order valence-electron chi connectivity index (χ3n) is 4.84. The van der Waals surface area contributed by atoms with Gasteiger partial charge in [-0.15, -0.1) is 0 Å². The molecule has 0 aliphatic carbocycles. The lowest BCUT2D eigenvalue weighted by Crippen LogP contribution is -2.52. The van der Waals surface area contributed by atoms with Gasteiger partial charge in [0.2, 0.25) is 5.91 Å². The van der Waals surface area contributed by atoms with E-state index in [9.17, 15) is 27.2 Å². The second kappa shape index (κ2) is 11.1. The molecule has 0 spiro atoms. The standard InChI is InChI=1S/C21H30F4N4O3/c1-21(2,3)12-28(10-17(22)23)16(9-26)20(31)27-15-5-4-13(8-14(15)19(24)25)29-6-7-32-11-18(29)30/h4-5,8,16-17,19H,6-7,9-12,26H2,1-3H3,(H,27,31)/t16-/m0/s1. The smallest absolute Gasteiger partial charge is 0.265 e. The molecule has 2 rings (SSSR count). The molecule has 0 bridgehead atoms. The Hall–Kier alpha value is -2.24. The first-order valence-corrected chi connectivity index (χ1v) is 10.3. The first-order valence-electron chi connectivity index (χ1n) is 10.3. The molecule has 0 unspecified atom stereocenters. The second-order valence-corrected chi connectivity index (χ2v) is 8.79. The van der Waals surface area contributed by atoms with Gasteiger partial charge < -0.3 is 20.7 Å². The highest BCUT2D eigenvalue weighted by atomic mass is 19.3. The summed E-state index contributed by atoms with van der Waals surface area (Å²) in [7, 11) is 0. The molecule has 1 atom stereocenters. The predicted molar refractivity (Wildman–Crippen MR) is 113 cm³/mol. The third-order valence-corrected chi connectivity index (χ3v) is 4.84. The van der Waals surface area contributed by atoms with Crippen molar-refractivity contribution in [1.82, 2.24) is 4.90 Å². The Bertz CT molecular complexity index is 802. The van der Waals surface area contributed by atoms with Crippen LogP contribution in [0.25, 0.3) is 0 Å². The molecular weight excluding hydrogens is 432 g/mol. The van der Waals surface area contributed by atoms with Crippen molar-refractivity contribution < 1.29 is 31.9 Å². The quantitative estimate of drug-likeness (QED) is 0.551. The molecule has 32 heavy (non-hydrogen) atoms. The Labute approximate surface area is 184 Å². The Kier molecular flexibility index (Phi) is 8.99. The zero-order valence-corrected chi connectivity index (χ0v) is 18.4. The molecule has 0 saturated carbocycles. The summed E-state index contributed by atoms with van der Waals surface area (Å²) in [6.45, 7) is 5.07. The van der Waals surface area contributed by atoms with Crippen molar-refractivity contribution in [2.75, 3.05) is 49.6 Å². The molecule has 1 aliphatic heterocycles. The summed E-state index contributed by atoms with van der Waals surface area (Å²) in [5.74, 6) is -1.12. The summed E-state index contributed by atoms with van der Waals surface area (Å²) in [5.41, 5.74) is 4.91. The summed E-state index contributed by atoms with van der Waals surface area (Å²) in [6, 6.07) is 2.71. The van der Waals surface area contributed by atoms with Crippen LogP contribution in [-0.2, 0) is 14.3 Å². The molecule has 0 aromatic heterocycles. The zero-order valence-electron chi connectivity index (χ0n) is 18.4. The molecule has 1 fully saturated rings. The second-order valence-electron chi connectivity index (χ2n) is 8.79. The molecule has 1 aromatic rings. The van der Waals surface area contributed by atoms with Gasteiger partial charge in [-0.05, 0) is 23.6 Å². The highest BCUT2D eigenvalue weighted by Gasteiger charge is 2.31. The number of nitrogens with two attached hydrogens (primary N) is 1. The highest BCUT2D eigenvalue weighted by molar-refractivity contribution is 5.97. The van der Waals surface area contributed by atoms with E-state index in [1.807, 2.05) is 20.8 Å². The van der Waals surface area contributed by atoms with Crippen molar-refractivity contribution >= 4 is 23.2 Å². The molecule has 11 heteroatoms. The molecule has 7 nitrogen and oxygen atoms in total. The van der Waals surface area contributed by atoms with E-state index in [1.54, 1.807) is 0 Å². The third kappa shape index (κ3) is 7.14. The van der Waals surface area contributed by atoms with Crippen LogP contribution in [-0.4, -0.2) is 68.6 Å². The van der Waals surface area contributed by atoms with Gasteiger partial charge in [0.25, 0.3) is 18.8 Å². The molecule has 1 aromatic carbocycles. The lowest BCUT2D eigenvalue weighted by molar-refractivity contribution is -0.125. The van der Waals surface area contributed by atoms with Crippen molar-refractivity contribution in [2.24, 2.45) is 11.1 Å². The van der Waals surface area contributed by atoms with Crippen LogP contribution >= 0.6 is 0 Å². The number of ether oxygens (including phenoxy) is 1. The van der Waals surface area contributed by atoms with Gasteiger partial charge in [0.1, 0.15) is 12.6 Å². The first-order chi connectivity index (χ1) is 14.9. The van der Waals surface area contributed by atoms with E-state index in [0.29, 0.717) is 0 Å². The maximum atomic E-state index is 13.7. The first kappa shape index (κ1) is 26.0. The van der Waals surface area contributed by atoms with Crippen LogP contribution < -0.4 is 16.0 Å². The molecular formula is C21H30F4N4O3. The average Bonchev–Trinajstić information content (AvgIpc) is 2.67. The van der Waals surface area contributed by atoms with Crippen LogP contribution in [0.2, 0.25) is 0 Å². The van der Waals surface area contributed by atoms with Gasteiger partial charge in [-0.3, -0.25) is 14.5 Å². The molecule has 180 valence electrons. The largest absolute Gasteiger partial charge is 0.370 e. The van der Waals surface area contributed by atoms with Gasteiger partial charge in [0, 0.05) is 36.6 Å². The van der Waals surface area contributed by atoms with Crippen LogP contribution in [0.5, 0.6) is 0 Å². The average molecular weight is 462 g/mol. The summed E-state index contributed by atoms with van der Waals surface area (Å²) in [6.07, 6.45) is -5.63. The number of rotatable bonds is 9. The van der Waals surface area contributed by atoms with Gasteiger partial charge in [0.05, 0.1) is 13.2 Å². The topological polar surface area (TPSA) is 87.9 Å². The lowest BCUT2D eigenvalue weighted by atomic mass is 9.95. The number of benzene rings is 1. The number of anilines is 2. The Balaban J connectivity index is 2.28. The fourth-order valence-corrected chi connectivity index (χ4v) is 3.53. The summed E-state index contributed by atoms with van der Waals surface area (Å²) >= 11 is 0. The minimum Gasteiger partial charge on any atom is -0.370 e. The molecule has 1 saturated heterocycles. The van der Waals surface area contributed by atoms with Gasteiger partial charge >= 0.3 is 0 Å². The molecule has 2 amide bonds. The Morgan fingerprint density at radius 2 is 1.97 bits per heavy atom. The number of amides is 2. The maximum absolute atomic E-state index is 13.7. The van der Waals surface area contributed by atoms with Crippen molar-refractivity contribution in [3.05, 3.63) is 23.8 Å². The van der Waals surface area contributed by atoms with E-state index in [1.165, 1.54) is 21.9 Å². The van der Waals surface area contributed by atoms with E-state index in [-0.39, 0.29) is 50.1 Å². The number of alkyl halides is 4. The minimum atomic E-state index is -2.94. The normalized spacial score (nSPS) is 16.2. The monoisotopic (exact) mass is 462 g/mol. The Morgan fingerprint density at radius 3 is 2.50 bits per heavy atom. The van der Waals surface area contributed by atoms with E-state index in [0.717, 1.165) is 6.07 Å². The van der Waals surface area contributed by atoms with Crippen molar-refractivity contribution in [2.45, 2.75) is 39.7 Å². The number of hydrogen-bond acceptors (Lipinski definition) is 5. The number of nitrogens with zero attached hydrogens (tertiary/aromatic N) is 2.